The number of aryl methyl sites for hydroxylation is 1. The first-order valence-corrected chi connectivity index (χ1v) is 12.4. The van der Waals surface area contributed by atoms with Crippen LogP contribution in [0.25, 0.3) is 10.3 Å². The lowest BCUT2D eigenvalue weighted by Crippen LogP contribution is -2.44. The van der Waals surface area contributed by atoms with Crippen LogP contribution in [0.15, 0.2) is 21.7 Å². The summed E-state index contributed by atoms with van der Waals surface area (Å²) in [5.41, 5.74) is 0.0655. The van der Waals surface area contributed by atoms with Crippen LogP contribution in [-0.4, -0.2) is 62.6 Å². The standard InChI is InChI=1S/C22H27N7O4S/c1-14-11-16(26-33-14)24-17(30)12-29-13-23-19-18(21(29)32)34-22(25-19)28-9-5-15(6-10-28)20(31)27-7-3-2-4-8-27/h11,13,15H,2-10,12H2,1H3,(H,24,26,30). The van der Waals surface area contributed by atoms with Gasteiger partial charge in [0, 0.05) is 38.2 Å². The molecule has 0 spiro atoms. The van der Waals surface area contributed by atoms with Crippen molar-refractivity contribution in [2.24, 2.45) is 5.92 Å². The summed E-state index contributed by atoms with van der Waals surface area (Å²) in [7, 11) is 0. The van der Waals surface area contributed by atoms with Crippen molar-refractivity contribution in [2.45, 2.75) is 45.6 Å². The summed E-state index contributed by atoms with van der Waals surface area (Å²) in [6.45, 7) is 4.73. The lowest BCUT2D eigenvalue weighted by Gasteiger charge is -2.35. The first-order valence-electron chi connectivity index (χ1n) is 11.6. The van der Waals surface area contributed by atoms with Crippen LogP contribution in [0.2, 0.25) is 0 Å². The normalized spacial score (nSPS) is 17.3. The number of nitrogens with zero attached hydrogens (tertiary/aromatic N) is 6. The number of anilines is 2. The second kappa shape index (κ2) is 9.53. The van der Waals surface area contributed by atoms with Crippen LogP contribution in [0, 0.1) is 12.8 Å². The number of piperidine rings is 2. The average molecular weight is 486 g/mol. The molecule has 2 aliphatic rings. The van der Waals surface area contributed by atoms with Crippen molar-refractivity contribution in [3.63, 3.8) is 0 Å². The smallest absolute Gasteiger partial charge is 0.273 e. The van der Waals surface area contributed by atoms with Gasteiger partial charge in [-0.25, -0.2) is 4.98 Å². The molecule has 2 fully saturated rings. The van der Waals surface area contributed by atoms with Gasteiger partial charge in [-0.05, 0) is 39.0 Å². The number of thiazole rings is 1. The van der Waals surface area contributed by atoms with E-state index in [0.29, 0.717) is 21.9 Å². The third kappa shape index (κ3) is 4.67. The molecule has 3 aromatic rings. The Morgan fingerprint density at radius 1 is 1.18 bits per heavy atom. The largest absolute Gasteiger partial charge is 0.360 e. The van der Waals surface area contributed by atoms with Gasteiger partial charge in [-0.3, -0.25) is 19.0 Å². The Labute approximate surface area is 199 Å². The fraction of sp³-hybridized carbons (Fsp3) is 0.545. The molecule has 3 aromatic heterocycles. The fourth-order valence-electron chi connectivity index (χ4n) is 4.54. The zero-order chi connectivity index (χ0) is 23.7. The maximum absolute atomic E-state index is 12.9. The van der Waals surface area contributed by atoms with E-state index in [9.17, 15) is 14.4 Å². The van der Waals surface area contributed by atoms with E-state index < -0.39 is 5.91 Å². The molecule has 0 radical (unpaired) electrons. The molecule has 0 unspecified atom stereocenters. The van der Waals surface area contributed by atoms with Crippen molar-refractivity contribution in [3.8, 4) is 0 Å². The van der Waals surface area contributed by atoms with E-state index in [0.717, 1.165) is 57.0 Å². The Kier molecular flexibility index (Phi) is 6.31. The van der Waals surface area contributed by atoms with Crippen molar-refractivity contribution in [1.29, 1.82) is 0 Å². The van der Waals surface area contributed by atoms with Gasteiger partial charge in [0.15, 0.2) is 16.6 Å². The molecule has 2 saturated heterocycles. The molecule has 180 valence electrons. The number of hydrogen-bond donors (Lipinski definition) is 1. The fourth-order valence-corrected chi connectivity index (χ4v) is 5.56. The highest BCUT2D eigenvalue weighted by molar-refractivity contribution is 7.22. The topological polar surface area (TPSA) is 126 Å². The predicted molar refractivity (Wildman–Crippen MR) is 127 cm³/mol. The second-order valence-corrected chi connectivity index (χ2v) is 9.82. The summed E-state index contributed by atoms with van der Waals surface area (Å²) >= 11 is 1.28. The molecule has 0 bridgehead atoms. The Morgan fingerprint density at radius 2 is 1.94 bits per heavy atom. The molecule has 5 heterocycles. The van der Waals surface area contributed by atoms with E-state index in [1.54, 1.807) is 13.0 Å². The zero-order valence-electron chi connectivity index (χ0n) is 19.0. The van der Waals surface area contributed by atoms with Gasteiger partial charge in [-0.1, -0.05) is 16.5 Å². The van der Waals surface area contributed by atoms with E-state index in [2.05, 4.69) is 25.3 Å². The molecular weight excluding hydrogens is 458 g/mol. The van der Waals surface area contributed by atoms with Crippen LogP contribution in [-0.2, 0) is 16.1 Å². The molecule has 12 heteroatoms. The van der Waals surface area contributed by atoms with Crippen LogP contribution >= 0.6 is 11.3 Å². The highest BCUT2D eigenvalue weighted by Gasteiger charge is 2.30. The molecule has 0 aliphatic carbocycles. The van der Waals surface area contributed by atoms with Crippen molar-refractivity contribution in [1.82, 2.24) is 24.6 Å². The summed E-state index contributed by atoms with van der Waals surface area (Å²) in [5.74, 6) is 0.819. The van der Waals surface area contributed by atoms with Crippen molar-refractivity contribution in [3.05, 3.63) is 28.5 Å². The van der Waals surface area contributed by atoms with Gasteiger partial charge in [0.25, 0.3) is 5.56 Å². The highest BCUT2D eigenvalue weighted by Crippen LogP contribution is 2.30. The van der Waals surface area contributed by atoms with Gasteiger partial charge < -0.3 is 19.6 Å². The predicted octanol–water partition coefficient (Wildman–Crippen LogP) is 2.02. The number of carbonyl (C=O) groups is 2. The number of amides is 2. The van der Waals surface area contributed by atoms with Crippen LogP contribution < -0.4 is 15.8 Å². The minimum absolute atomic E-state index is 0.0612. The number of aromatic nitrogens is 4. The summed E-state index contributed by atoms with van der Waals surface area (Å²) in [6, 6.07) is 1.60. The maximum atomic E-state index is 12.9. The molecule has 2 aliphatic heterocycles. The lowest BCUT2D eigenvalue weighted by molar-refractivity contribution is -0.137. The molecular formula is C22H27N7O4S. The Bertz CT molecular complexity index is 1250. The van der Waals surface area contributed by atoms with E-state index in [1.165, 1.54) is 28.7 Å². The number of likely N-dealkylation sites (tertiary alicyclic amines) is 1. The third-order valence-corrected chi connectivity index (χ3v) is 7.46. The van der Waals surface area contributed by atoms with Gasteiger partial charge in [0.1, 0.15) is 23.3 Å². The van der Waals surface area contributed by atoms with E-state index in [-0.39, 0.29) is 23.9 Å². The van der Waals surface area contributed by atoms with Crippen LogP contribution in [0.4, 0.5) is 10.9 Å². The van der Waals surface area contributed by atoms with E-state index >= 15 is 0 Å². The third-order valence-electron chi connectivity index (χ3n) is 6.36. The lowest BCUT2D eigenvalue weighted by atomic mass is 9.94. The SMILES string of the molecule is Cc1cc(NC(=O)Cn2cnc3nc(N4CCC(C(=O)N5CCCCC5)CC4)sc3c2=O)no1. The molecule has 2 amide bonds. The maximum Gasteiger partial charge on any atom is 0.273 e. The summed E-state index contributed by atoms with van der Waals surface area (Å²) in [5, 5.41) is 7.04. The minimum atomic E-state index is -0.401. The van der Waals surface area contributed by atoms with Crippen molar-refractivity contribution in [2.75, 3.05) is 36.4 Å². The van der Waals surface area contributed by atoms with Crippen molar-refractivity contribution >= 4 is 44.4 Å². The summed E-state index contributed by atoms with van der Waals surface area (Å²) in [6.07, 6.45) is 6.31. The number of carbonyl (C=O) groups excluding carboxylic acids is 2. The highest BCUT2D eigenvalue weighted by atomic mass is 32.1. The minimum Gasteiger partial charge on any atom is -0.360 e. The van der Waals surface area contributed by atoms with Gasteiger partial charge in [-0.15, -0.1) is 0 Å². The van der Waals surface area contributed by atoms with E-state index in [4.69, 9.17) is 4.52 Å². The van der Waals surface area contributed by atoms with Gasteiger partial charge in [0.2, 0.25) is 11.8 Å². The summed E-state index contributed by atoms with van der Waals surface area (Å²) < 4.78 is 6.60. The van der Waals surface area contributed by atoms with Gasteiger partial charge >= 0.3 is 0 Å². The Hall–Kier alpha value is -3.28. The van der Waals surface area contributed by atoms with Gasteiger partial charge in [-0.2, -0.15) is 4.98 Å². The first-order chi connectivity index (χ1) is 16.5. The average Bonchev–Trinajstić information content (AvgIpc) is 3.47. The monoisotopic (exact) mass is 485 g/mol. The molecule has 0 atom stereocenters. The quantitative estimate of drug-likeness (QED) is 0.582. The second-order valence-electron chi connectivity index (χ2n) is 8.85. The van der Waals surface area contributed by atoms with Crippen LogP contribution in [0.1, 0.15) is 37.9 Å². The molecule has 34 heavy (non-hydrogen) atoms. The number of nitrogens with one attached hydrogen (secondary N) is 1. The number of fused-ring (bicyclic) bond motifs is 1. The molecule has 0 aromatic carbocycles. The van der Waals surface area contributed by atoms with Gasteiger partial charge in [0.05, 0.1) is 0 Å². The molecule has 0 saturated carbocycles. The van der Waals surface area contributed by atoms with Crippen LogP contribution in [0.3, 0.4) is 0 Å². The molecule has 11 nitrogen and oxygen atoms in total. The Balaban J connectivity index is 1.24. The first kappa shape index (κ1) is 22.5. The number of hydrogen-bond acceptors (Lipinski definition) is 9. The van der Waals surface area contributed by atoms with Crippen molar-refractivity contribution < 1.29 is 14.1 Å². The van der Waals surface area contributed by atoms with Crippen LogP contribution in [0.5, 0.6) is 0 Å². The Morgan fingerprint density at radius 3 is 2.65 bits per heavy atom. The number of rotatable bonds is 5. The van der Waals surface area contributed by atoms with E-state index in [1.807, 2.05) is 4.90 Å². The summed E-state index contributed by atoms with van der Waals surface area (Å²) in [4.78, 5) is 51.0. The molecule has 5 rings (SSSR count). The zero-order valence-corrected chi connectivity index (χ0v) is 19.8. The molecule has 1 N–H and O–H groups in total.